The molecule has 1 aliphatic rings. The fraction of sp³-hybridized carbons (Fsp3) is 0.154. The maximum Gasteiger partial charge on any atom is 0.272 e. The number of hydrogen-bond donors (Lipinski definition) is 2. The number of para-hydroxylation sites is 1. The van der Waals surface area contributed by atoms with E-state index in [0.29, 0.717) is 35.1 Å². The zero-order valence-electron chi connectivity index (χ0n) is 17.9. The molecule has 4 aromatic rings. The molecule has 164 valence electrons. The SMILES string of the molecule is O=C(Cc1n[nH]c(=O)c2ccccc12)Nc1ccc(CC(=O)N2CCc3ccccc32)cc1. The molecule has 2 amide bonds. The number of nitrogens with one attached hydrogen (secondary N) is 2. The van der Waals surface area contributed by atoms with Gasteiger partial charge in [0.15, 0.2) is 0 Å². The number of H-pyrrole nitrogens is 1. The van der Waals surface area contributed by atoms with Crippen LogP contribution < -0.4 is 15.8 Å². The van der Waals surface area contributed by atoms with Crippen LogP contribution in [0.3, 0.4) is 0 Å². The van der Waals surface area contributed by atoms with Crippen LogP contribution in [0.2, 0.25) is 0 Å². The van der Waals surface area contributed by atoms with Crippen LogP contribution in [0.1, 0.15) is 16.8 Å². The highest BCUT2D eigenvalue weighted by Crippen LogP contribution is 2.28. The summed E-state index contributed by atoms with van der Waals surface area (Å²) in [4.78, 5) is 39.1. The van der Waals surface area contributed by atoms with Crippen LogP contribution >= 0.6 is 0 Å². The lowest BCUT2D eigenvalue weighted by Gasteiger charge is -2.17. The minimum Gasteiger partial charge on any atom is -0.326 e. The zero-order chi connectivity index (χ0) is 22.8. The molecular formula is C26H22N4O3. The molecule has 0 bridgehead atoms. The molecule has 5 rings (SSSR count). The number of aromatic amines is 1. The van der Waals surface area contributed by atoms with Gasteiger partial charge in [-0.25, -0.2) is 5.10 Å². The highest BCUT2D eigenvalue weighted by Gasteiger charge is 2.24. The Kier molecular flexibility index (Phi) is 5.44. The summed E-state index contributed by atoms with van der Waals surface area (Å²) < 4.78 is 0. The van der Waals surface area contributed by atoms with Gasteiger partial charge in [0.05, 0.1) is 23.9 Å². The molecule has 2 heterocycles. The molecule has 0 radical (unpaired) electrons. The Labute approximate surface area is 190 Å². The summed E-state index contributed by atoms with van der Waals surface area (Å²) in [6.07, 6.45) is 1.22. The maximum atomic E-state index is 12.8. The minimum atomic E-state index is -0.280. The normalized spacial score (nSPS) is 12.5. The van der Waals surface area contributed by atoms with E-state index in [1.807, 2.05) is 41.3 Å². The lowest BCUT2D eigenvalue weighted by molar-refractivity contribution is -0.118. The van der Waals surface area contributed by atoms with Crippen LogP contribution in [0.25, 0.3) is 10.8 Å². The van der Waals surface area contributed by atoms with Crippen molar-refractivity contribution in [1.82, 2.24) is 10.2 Å². The summed E-state index contributed by atoms with van der Waals surface area (Å²) in [5.74, 6) is -0.176. The van der Waals surface area contributed by atoms with Crippen molar-refractivity contribution in [1.29, 1.82) is 0 Å². The van der Waals surface area contributed by atoms with E-state index in [-0.39, 0.29) is 23.8 Å². The number of nitrogens with zero attached hydrogens (tertiary/aromatic N) is 2. The first-order chi connectivity index (χ1) is 16.1. The summed E-state index contributed by atoms with van der Waals surface area (Å²) in [5, 5.41) is 10.5. The molecule has 2 N–H and O–H groups in total. The molecule has 0 unspecified atom stereocenters. The quantitative estimate of drug-likeness (QED) is 0.500. The Hall–Kier alpha value is -4.26. The molecule has 33 heavy (non-hydrogen) atoms. The molecule has 7 nitrogen and oxygen atoms in total. The Balaban J connectivity index is 1.23. The first-order valence-corrected chi connectivity index (χ1v) is 10.8. The van der Waals surface area contributed by atoms with Gasteiger partial charge in [-0.3, -0.25) is 14.4 Å². The van der Waals surface area contributed by atoms with Crippen molar-refractivity contribution in [3.63, 3.8) is 0 Å². The number of benzene rings is 3. The van der Waals surface area contributed by atoms with Gasteiger partial charge in [-0.2, -0.15) is 5.10 Å². The minimum absolute atomic E-state index is 0.0336. The third-order valence-corrected chi connectivity index (χ3v) is 5.88. The van der Waals surface area contributed by atoms with E-state index >= 15 is 0 Å². The average Bonchev–Trinajstić information content (AvgIpc) is 3.27. The van der Waals surface area contributed by atoms with E-state index in [2.05, 4.69) is 21.6 Å². The van der Waals surface area contributed by atoms with Gasteiger partial charge in [-0.05, 0) is 41.8 Å². The van der Waals surface area contributed by atoms with Gasteiger partial charge in [0.2, 0.25) is 11.8 Å². The van der Waals surface area contributed by atoms with Crippen LogP contribution in [-0.4, -0.2) is 28.6 Å². The van der Waals surface area contributed by atoms with E-state index in [1.54, 1.807) is 30.3 Å². The van der Waals surface area contributed by atoms with E-state index in [1.165, 1.54) is 5.56 Å². The monoisotopic (exact) mass is 438 g/mol. The molecule has 3 aromatic carbocycles. The number of fused-ring (bicyclic) bond motifs is 2. The van der Waals surface area contributed by atoms with Gasteiger partial charge < -0.3 is 10.2 Å². The number of rotatable bonds is 5. The van der Waals surface area contributed by atoms with Crippen molar-refractivity contribution >= 4 is 34.0 Å². The molecule has 0 saturated carbocycles. The van der Waals surface area contributed by atoms with Gasteiger partial charge in [0, 0.05) is 23.3 Å². The second-order valence-electron chi connectivity index (χ2n) is 8.07. The van der Waals surface area contributed by atoms with Gasteiger partial charge in [0.25, 0.3) is 5.56 Å². The summed E-state index contributed by atoms with van der Waals surface area (Å²) in [6.45, 7) is 0.708. The van der Waals surface area contributed by atoms with E-state index in [0.717, 1.165) is 17.7 Å². The van der Waals surface area contributed by atoms with Crippen molar-refractivity contribution in [3.8, 4) is 0 Å². The van der Waals surface area contributed by atoms with Gasteiger partial charge in [0.1, 0.15) is 0 Å². The molecule has 1 aliphatic heterocycles. The fourth-order valence-electron chi connectivity index (χ4n) is 4.24. The molecule has 0 spiro atoms. The van der Waals surface area contributed by atoms with Crippen molar-refractivity contribution in [2.75, 3.05) is 16.8 Å². The Morgan fingerprint density at radius 1 is 0.909 bits per heavy atom. The summed E-state index contributed by atoms with van der Waals surface area (Å²) in [6, 6.07) is 22.3. The Bertz CT molecular complexity index is 1410. The van der Waals surface area contributed by atoms with Crippen molar-refractivity contribution in [2.24, 2.45) is 0 Å². The summed E-state index contributed by atoms with van der Waals surface area (Å²) >= 11 is 0. The van der Waals surface area contributed by atoms with Crippen molar-refractivity contribution in [3.05, 3.63) is 100.0 Å². The molecular weight excluding hydrogens is 416 g/mol. The fourth-order valence-corrected chi connectivity index (χ4v) is 4.24. The number of hydrogen-bond acceptors (Lipinski definition) is 4. The maximum absolute atomic E-state index is 12.8. The van der Waals surface area contributed by atoms with Crippen LogP contribution in [0.4, 0.5) is 11.4 Å². The molecule has 0 aliphatic carbocycles. The predicted octanol–water partition coefficient (Wildman–Crippen LogP) is 3.24. The average molecular weight is 438 g/mol. The first-order valence-electron chi connectivity index (χ1n) is 10.8. The number of anilines is 2. The van der Waals surface area contributed by atoms with Crippen LogP contribution in [0.15, 0.2) is 77.6 Å². The molecule has 0 saturated heterocycles. The smallest absolute Gasteiger partial charge is 0.272 e. The van der Waals surface area contributed by atoms with E-state index in [9.17, 15) is 14.4 Å². The van der Waals surface area contributed by atoms with Gasteiger partial charge in [-0.15, -0.1) is 0 Å². The highest BCUT2D eigenvalue weighted by molar-refractivity contribution is 5.97. The van der Waals surface area contributed by atoms with Crippen molar-refractivity contribution in [2.45, 2.75) is 19.3 Å². The summed E-state index contributed by atoms with van der Waals surface area (Å²) in [7, 11) is 0. The molecule has 0 fully saturated rings. The molecule has 0 atom stereocenters. The lowest BCUT2D eigenvalue weighted by Crippen LogP contribution is -2.30. The van der Waals surface area contributed by atoms with Crippen LogP contribution in [0, 0.1) is 0 Å². The lowest BCUT2D eigenvalue weighted by atomic mass is 10.1. The Morgan fingerprint density at radius 2 is 1.64 bits per heavy atom. The van der Waals surface area contributed by atoms with Gasteiger partial charge in [-0.1, -0.05) is 48.5 Å². The van der Waals surface area contributed by atoms with Crippen molar-refractivity contribution < 1.29 is 9.59 Å². The first kappa shape index (κ1) is 20.6. The highest BCUT2D eigenvalue weighted by atomic mass is 16.2. The number of carbonyl (C=O) groups excluding carboxylic acids is 2. The largest absolute Gasteiger partial charge is 0.326 e. The predicted molar refractivity (Wildman–Crippen MR) is 127 cm³/mol. The third-order valence-electron chi connectivity index (χ3n) is 5.88. The number of amides is 2. The second-order valence-corrected chi connectivity index (χ2v) is 8.07. The summed E-state index contributed by atoms with van der Waals surface area (Å²) in [5.41, 5.74) is 3.95. The van der Waals surface area contributed by atoms with Crippen LogP contribution in [-0.2, 0) is 28.9 Å². The number of carbonyl (C=O) groups is 2. The third kappa shape index (κ3) is 4.25. The van der Waals surface area contributed by atoms with E-state index < -0.39 is 0 Å². The second kappa shape index (κ2) is 8.70. The topological polar surface area (TPSA) is 95.2 Å². The molecule has 1 aromatic heterocycles. The standard InChI is InChI=1S/C26H22N4O3/c31-24(16-22-20-6-2-3-7-21(20)26(33)29-28-22)27-19-11-9-17(10-12-19)15-25(32)30-14-13-18-5-1-4-8-23(18)30/h1-12H,13-16H2,(H,27,31)(H,29,33). The Morgan fingerprint density at radius 3 is 2.45 bits per heavy atom. The van der Waals surface area contributed by atoms with Gasteiger partial charge >= 0.3 is 0 Å². The molecule has 7 heteroatoms. The van der Waals surface area contributed by atoms with E-state index in [4.69, 9.17) is 0 Å². The van der Waals surface area contributed by atoms with Crippen LogP contribution in [0.5, 0.6) is 0 Å². The zero-order valence-corrected chi connectivity index (χ0v) is 17.9. The number of aromatic nitrogens is 2.